The fourth-order valence-corrected chi connectivity index (χ4v) is 4.45. The van der Waals surface area contributed by atoms with Gasteiger partial charge in [-0.2, -0.15) is 0 Å². The first-order valence-corrected chi connectivity index (χ1v) is 9.10. The van der Waals surface area contributed by atoms with Gasteiger partial charge in [0.05, 0.1) is 0 Å². The van der Waals surface area contributed by atoms with E-state index in [1.165, 1.54) is 24.8 Å². The van der Waals surface area contributed by atoms with Crippen LogP contribution in [0.2, 0.25) is 5.02 Å². The SMILES string of the molecule is CCCNC(c1ccc(Cl)cc1)C1CCCc2sccc21. The average Bonchev–Trinajstić information content (AvgIpc) is 2.98. The standard InChI is InChI=1S/C18H22ClNS/c1-2-11-20-18(13-6-8-14(19)9-7-13)16-4-3-5-17-15(16)10-12-21-17/h6-10,12,16,18,20H,2-5,11H2,1H3. The molecule has 112 valence electrons. The fourth-order valence-electron chi connectivity index (χ4n) is 3.33. The number of rotatable bonds is 5. The molecule has 1 N–H and O–H groups in total. The van der Waals surface area contributed by atoms with E-state index in [2.05, 4.69) is 35.8 Å². The molecule has 0 saturated heterocycles. The van der Waals surface area contributed by atoms with Gasteiger partial charge in [0.15, 0.2) is 0 Å². The Kier molecular flexibility index (Phi) is 4.99. The summed E-state index contributed by atoms with van der Waals surface area (Å²) in [7, 11) is 0. The van der Waals surface area contributed by atoms with Gasteiger partial charge >= 0.3 is 0 Å². The third kappa shape index (κ3) is 3.33. The van der Waals surface area contributed by atoms with Gasteiger partial charge in [0.25, 0.3) is 0 Å². The first kappa shape index (κ1) is 15.1. The highest BCUT2D eigenvalue weighted by Crippen LogP contribution is 2.42. The second-order valence-corrected chi connectivity index (χ2v) is 7.22. The minimum atomic E-state index is 0.399. The zero-order valence-electron chi connectivity index (χ0n) is 12.4. The normalized spacial score (nSPS) is 19.2. The molecular formula is C18H22ClNS. The van der Waals surface area contributed by atoms with E-state index >= 15 is 0 Å². The molecule has 0 spiro atoms. The highest BCUT2D eigenvalue weighted by Gasteiger charge is 2.29. The van der Waals surface area contributed by atoms with Crippen molar-refractivity contribution < 1.29 is 0 Å². The van der Waals surface area contributed by atoms with Crippen molar-refractivity contribution in [2.45, 2.75) is 44.6 Å². The lowest BCUT2D eigenvalue weighted by molar-refractivity contribution is 0.404. The van der Waals surface area contributed by atoms with Crippen molar-refractivity contribution in [3.05, 3.63) is 56.7 Å². The van der Waals surface area contributed by atoms with Crippen molar-refractivity contribution in [3.63, 3.8) is 0 Å². The van der Waals surface area contributed by atoms with Crippen LogP contribution in [-0.2, 0) is 6.42 Å². The summed E-state index contributed by atoms with van der Waals surface area (Å²) in [6.07, 6.45) is 4.99. The molecule has 2 atom stereocenters. The van der Waals surface area contributed by atoms with E-state index in [0.717, 1.165) is 18.0 Å². The zero-order valence-corrected chi connectivity index (χ0v) is 14.0. The van der Waals surface area contributed by atoms with Gasteiger partial charge in [-0.25, -0.2) is 0 Å². The minimum Gasteiger partial charge on any atom is -0.309 e. The lowest BCUT2D eigenvalue weighted by Crippen LogP contribution is -2.29. The van der Waals surface area contributed by atoms with Crippen molar-refractivity contribution in [2.24, 2.45) is 0 Å². The van der Waals surface area contributed by atoms with Gasteiger partial charge in [0.1, 0.15) is 0 Å². The smallest absolute Gasteiger partial charge is 0.0406 e. The topological polar surface area (TPSA) is 12.0 Å². The Hall–Kier alpha value is -0.830. The van der Waals surface area contributed by atoms with Crippen LogP contribution in [0.4, 0.5) is 0 Å². The molecule has 2 unspecified atom stereocenters. The number of fused-ring (bicyclic) bond motifs is 1. The summed E-state index contributed by atoms with van der Waals surface area (Å²) in [6.45, 7) is 3.28. The predicted octanol–water partition coefficient (Wildman–Crippen LogP) is 5.56. The molecule has 0 aliphatic heterocycles. The van der Waals surface area contributed by atoms with E-state index in [4.69, 9.17) is 11.6 Å². The summed E-state index contributed by atoms with van der Waals surface area (Å²) in [6, 6.07) is 11.1. The maximum atomic E-state index is 6.05. The monoisotopic (exact) mass is 319 g/mol. The Morgan fingerprint density at radius 3 is 2.86 bits per heavy atom. The quantitative estimate of drug-likeness (QED) is 0.760. The highest BCUT2D eigenvalue weighted by atomic mass is 35.5. The molecule has 1 aromatic heterocycles. The molecule has 1 aromatic carbocycles. The Balaban J connectivity index is 1.91. The van der Waals surface area contributed by atoms with Crippen LogP contribution in [0.15, 0.2) is 35.7 Å². The van der Waals surface area contributed by atoms with Gasteiger partial charge < -0.3 is 5.32 Å². The number of aryl methyl sites for hydroxylation is 1. The molecule has 0 amide bonds. The number of halogens is 1. The summed E-state index contributed by atoms with van der Waals surface area (Å²) >= 11 is 7.97. The molecule has 0 radical (unpaired) electrons. The molecule has 21 heavy (non-hydrogen) atoms. The molecule has 3 rings (SSSR count). The second kappa shape index (κ2) is 6.95. The number of hydrogen-bond donors (Lipinski definition) is 1. The van der Waals surface area contributed by atoms with Crippen LogP contribution >= 0.6 is 22.9 Å². The zero-order chi connectivity index (χ0) is 14.7. The first-order valence-electron chi connectivity index (χ1n) is 7.84. The fraction of sp³-hybridized carbons (Fsp3) is 0.444. The average molecular weight is 320 g/mol. The maximum Gasteiger partial charge on any atom is 0.0406 e. The van der Waals surface area contributed by atoms with Crippen molar-refractivity contribution in [3.8, 4) is 0 Å². The molecular weight excluding hydrogens is 298 g/mol. The second-order valence-electron chi connectivity index (χ2n) is 5.78. The van der Waals surface area contributed by atoms with E-state index in [-0.39, 0.29) is 0 Å². The summed E-state index contributed by atoms with van der Waals surface area (Å²) < 4.78 is 0. The van der Waals surface area contributed by atoms with E-state index < -0.39 is 0 Å². The third-order valence-electron chi connectivity index (χ3n) is 4.34. The van der Waals surface area contributed by atoms with Crippen LogP contribution in [0.5, 0.6) is 0 Å². The van der Waals surface area contributed by atoms with Crippen LogP contribution in [0.1, 0.15) is 54.1 Å². The van der Waals surface area contributed by atoms with Crippen molar-refractivity contribution in [2.75, 3.05) is 6.54 Å². The summed E-state index contributed by atoms with van der Waals surface area (Å²) in [4.78, 5) is 1.59. The molecule has 0 fully saturated rings. The Labute approximate surface area is 136 Å². The van der Waals surface area contributed by atoms with Crippen molar-refractivity contribution >= 4 is 22.9 Å². The summed E-state index contributed by atoms with van der Waals surface area (Å²) in [5, 5.41) is 6.83. The van der Waals surface area contributed by atoms with E-state index in [1.807, 2.05) is 23.5 Å². The Morgan fingerprint density at radius 1 is 1.29 bits per heavy atom. The van der Waals surface area contributed by atoms with Gasteiger partial charge in [-0.05, 0) is 66.9 Å². The lowest BCUT2D eigenvalue weighted by atomic mass is 9.80. The number of benzene rings is 1. The van der Waals surface area contributed by atoms with Crippen LogP contribution < -0.4 is 5.32 Å². The van der Waals surface area contributed by atoms with Crippen LogP contribution in [0.3, 0.4) is 0 Å². The van der Waals surface area contributed by atoms with Crippen LogP contribution in [-0.4, -0.2) is 6.54 Å². The molecule has 1 nitrogen and oxygen atoms in total. The number of hydrogen-bond acceptors (Lipinski definition) is 2. The van der Waals surface area contributed by atoms with E-state index in [9.17, 15) is 0 Å². The van der Waals surface area contributed by atoms with Crippen molar-refractivity contribution in [1.29, 1.82) is 0 Å². The van der Waals surface area contributed by atoms with Gasteiger partial charge in [0, 0.05) is 21.9 Å². The third-order valence-corrected chi connectivity index (χ3v) is 5.59. The van der Waals surface area contributed by atoms with Gasteiger partial charge in [-0.3, -0.25) is 0 Å². The van der Waals surface area contributed by atoms with Crippen LogP contribution in [0, 0.1) is 0 Å². The summed E-state index contributed by atoms with van der Waals surface area (Å²) in [5.41, 5.74) is 2.92. The molecule has 1 aliphatic carbocycles. The lowest BCUT2D eigenvalue weighted by Gasteiger charge is -2.32. The first-order chi connectivity index (χ1) is 10.3. The van der Waals surface area contributed by atoms with E-state index in [0.29, 0.717) is 12.0 Å². The number of nitrogens with one attached hydrogen (secondary N) is 1. The Morgan fingerprint density at radius 2 is 2.10 bits per heavy atom. The molecule has 2 aromatic rings. The van der Waals surface area contributed by atoms with Crippen molar-refractivity contribution in [1.82, 2.24) is 5.32 Å². The molecule has 0 bridgehead atoms. The van der Waals surface area contributed by atoms with Crippen LogP contribution in [0.25, 0.3) is 0 Å². The van der Waals surface area contributed by atoms with Gasteiger partial charge in [0.2, 0.25) is 0 Å². The molecule has 1 aliphatic rings. The van der Waals surface area contributed by atoms with E-state index in [1.54, 1.807) is 10.4 Å². The van der Waals surface area contributed by atoms with Gasteiger partial charge in [-0.15, -0.1) is 11.3 Å². The summed E-state index contributed by atoms with van der Waals surface area (Å²) in [5.74, 6) is 0.590. The predicted molar refractivity (Wildman–Crippen MR) is 92.5 cm³/mol. The highest BCUT2D eigenvalue weighted by molar-refractivity contribution is 7.10. The molecule has 0 saturated carbocycles. The number of thiophene rings is 1. The van der Waals surface area contributed by atoms with Gasteiger partial charge in [-0.1, -0.05) is 30.7 Å². The largest absolute Gasteiger partial charge is 0.309 e. The maximum absolute atomic E-state index is 6.05. The molecule has 1 heterocycles. The Bertz CT molecular complexity index is 575. The minimum absolute atomic E-state index is 0.399. The molecule has 3 heteroatoms.